The van der Waals surface area contributed by atoms with Crippen LogP contribution in [0.2, 0.25) is 0 Å². The van der Waals surface area contributed by atoms with Gasteiger partial charge in [0.15, 0.2) is 0 Å². The number of benzene rings is 1. The summed E-state index contributed by atoms with van der Waals surface area (Å²) >= 11 is 4.79. The van der Waals surface area contributed by atoms with Crippen molar-refractivity contribution in [3.05, 3.63) is 28.2 Å². The third-order valence-corrected chi connectivity index (χ3v) is 4.53. The lowest BCUT2D eigenvalue weighted by Crippen LogP contribution is -2.39. The van der Waals surface area contributed by atoms with Crippen molar-refractivity contribution in [3.63, 3.8) is 0 Å². The number of anilines is 1. The number of amides is 1. The predicted molar refractivity (Wildman–Crippen MR) is 88.8 cm³/mol. The minimum Gasteiger partial charge on any atom is -0.326 e. The average molecular weight is 420 g/mol. The third-order valence-electron chi connectivity index (χ3n) is 2.94. The lowest BCUT2D eigenvalue weighted by atomic mass is 10.1. The Morgan fingerprint density at radius 2 is 2.14 bits per heavy atom. The van der Waals surface area contributed by atoms with Crippen LogP contribution in [-0.2, 0) is 11.0 Å². The second-order valence-electron chi connectivity index (χ2n) is 4.70. The van der Waals surface area contributed by atoms with Gasteiger partial charge >= 0.3 is 6.18 Å². The van der Waals surface area contributed by atoms with Gasteiger partial charge in [-0.2, -0.15) is 24.9 Å². The Kier molecular flexibility index (Phi) is 7.51. The van der Waals surface area contributed by atoms with Crippen molar-refractivity contribution < 1.29 is 18.0 Å². The molecular formula is C13H15BrClF3N2OS. The molecule has 1 atom stereocenters. The van der Waals surface area contributed by atoms with E-state index < -0.39 is 11.7 Å². The number of alkyl halides is 3. The number of carbonyl (C=O) groups excluding carboxylic acids is 1. The first-order valence-corrected chi connectivity index (χ1v) is 8.28. The smallest absolute Gasteiger partial charge is 0.326 e. The quantitative estimate of drug-likeness (QED) is 0.780. The van der Waals surface area contributed by atoms with Crippen LogP contribution in [0.5, 0.6) is 0 Å². The number of thioether (sulfide) groups is 1. The lowest BCUT2D eigenvalue weighted by Gasteiger charge is -2.22. The lowest BCUT2D eigenvalue weighted by molar-refractivity contribution is -0.137. The van der Waals surface area contributed by atoms with Gasteiger partial charge in [-0.3, -0.25) is 4.79 Å². The first-order valence-electron chi connectivity index (χ1n) is 6.33. The van der Waals surface area contributed by atoms with Crippen molar-refractivity contribution in [2.45, 2.75) is 18.6 Å². The van der Waals surface area contributed by atoms with Crippen LogP contribution in [0.3, 0.4) is 0 Å². The fourth-order valence-corrected chi connectivity index (χ4v) is 3.45. The zero-order chi connectivity index (χ0) is 15.5. The van der Waals surface area contributed by atoms with Crippen molar-refractivity contribution in [3.8, 4) is 0 Å². The van der Waals surface area contributed by atoms with Crippen LogP contribution in [0, 0.1) is 0 Å². The van der Waals surface area contributed by atoms with Crippen LogP contribution in [-0.4, -0.2) is 30.0 Å². The number of hydrogen-bond donors (Lipinski definition) is 2. The minimum atomic E-state index is -4.44. The molecule has 1 saturated heterocycles. The summed E-state index contributed by atoms with van der Waals surface area (Å²) in [6, 6.07) is 3.44. The highest BCUT2D eigenvalue weighted by atomic mass is 79.9. The van der Waals surface area contributed by atoms with Gasteiger partial charge in [0.25, 0.3) is 0 Å². The summed E-state index contributed by atoms with van der Waals surface area (Å²) in [6.45, 7) is 0.845. The molecule has 22 heavy (non-hydrogen) atoms. The van der Waals surface area contributed by atoms with E-state index in [0.29, 0.717) is 0 Å². The summed E-state index contributed by atoms with van der Waals surface area (Å²) in [7, 11) is 0. The molecule has 1 unspecified atom stereocenters. The Hall–Kier alpha value is -0.440. The molecule has 0 saturated carbocycles. The summed E-state index contributed by atoms with van der Waals surface area (Å²) in [5.41, 5.74) is -0.649. The summed E-state index contributed by atoms with van der Waals surface area (Å²) in [5.74, 6) is 1.56. The molecule has 2 rings (SSSR count). The van der Waals surface area contributed by atoms with Gasteiger partial charge in [-0.15, -0.1) is 12.4 Å². The van der Waals surface area contributed by atoms with Crippen molar-refractivity contribution in [2.24, 2.45) is 0 Å². The highest BCUT2D eigenvalue weighted by Crippen LogP contribution is 2.33. The number of hydrogen-bond acceptors (Lipinski definition) is 3. The molecule has 1 amide bonds. The maximum absolute atomic E-state index is 12.7. The maximum atomic E-state index is 12.7. The topological polar surface area (TPSA) is 41.1 Å². The van der Waals surface area contributed by atoms with Crippen LogP contribution in [0.25, 0.3) is 0 Å². The number of carbonyl (C=O) groups is 1. The average Bonchev–Trinajstić information content (AvgIpc) is 2.37. The molecule has 0 spiro atoms. The molecule has 0 aromatic heterocycles. The van der Waals surface area contributed by atoms with E-state index in [4.69, 9.17) is 0 Å². The molecule has 1 heterocycles. The molecule has 1 aromatic carbocycles. The van der Waals surface area contributed by atoms with E-state index in [0.717, 1.165) is 30.2 Å². The second-order valence-corrected chi connectivity index (χ2v) is 6.77. The molecule has 9 heteroatoms. The van der Waals surface area contributed by atoms with E-state index in [1.54, 1.807) is 11.8 Å². The highest BCUT2D eigenvalue weighted by molar-refractivity contribution is 9.10. The van der Waals surface area contributed by atoms with Gasteiger partial charge in [0, 0.05) is 40.7 Å². The Balaban J connectivity index is 0.00000242. The standard InChI is InChI=1S/C13H14BrF3N2OS.ClH/c14-9-3-8(13(15,16)17)4-10(5-9)19-12(20)6-11-7-21-2-1-18-11;/h3-5,11,18H,1-2,6-7H2,(H,19,20);1H. The van der Waals surface area contributed by atoms with Crippen molar-refractivity contribution in [1.29, 1.82) is 0 Å². The van der Waals surface area contributed by atoms with Crippen LogP contribution < -0.4 is 10.6 Å². The molecule has 3 nitrogen and oxygen atoms in total. The van der Waals surface area contributed by atoms with Gasteiger partial charge in [0.2, 0.25) is 5.91 Å². The van der Waals surface area contributed by atoms with Gasteiger partial charge in [-0.1, -0.05) is 15.9 Å². The van der Waals surface area contributed by atoms with Gasteiger partial charge in [0.1, 0.15) is 0 Å². The summed E-state index contributed by atoms with van der Waals surface area (Å²) < 4.78 is 38.4. The fraction of sp³-hybridized carbons (Fsp3) is 0.462. The molecule has 1 aliphatic rings. The van der Waals surface area contributed by atoms with E-state index in [9.17, 15) is 18.0 Å². The summed E-state index contributed by atoms with van der Waals surface area (Å²) in [6.07, 6.45) is -4.19. The Labute approximate surface area is 145 Å². The SMILES string of the molecule is Cl.O=C(CC1CSCCN1)Nc1cc(Br)cc(C(F)(F)F)c1. The molecule has 2 N–H and O–H groups in total. The number of nitrogens with one attached hydrogen (secondary N) is 2. The minimum absolute atomic E-state index is 0. The van der Waals surface area contributed by atoms with Crippen LogP contribution in [0.1, 0.15) is 12.0 Å². The fourth-order valence-electron chi connectivity index (χ4n) is 2.01. The first kappa shape index (κ1) is 19.6. The number of halogens is 5. The van der Waals surface area contributed by atoms with E-state index in [2.05, 4.69) is 26.6 Å². The molecule has 124 valence electrons. The highest BCUT2D eigenvalue weighted by Gasteiger charge is 2.31. The zero-order valence-electron chi connectivity index (χ0n) is 11.4. The predicted octanol–water partition coefficient (Wildman–Crippen LogP) is 3.92. The van der Waals surface area contributed by atoms with Gasteiger partial charge in [-0.25, -0.2) is 0 Å². The second kappa shape index (κ2) is 8.42. The maximum Gasteiger partial charge on any atom is 0.416 e. The molecule has 0 bridgehead atoms. The molecule has 1 aromatic rings. The number of rotatable bonds is 3. The molecule has 0 radical (unpaired) electrons. The Bertz CT molecular complexity index is 524. The summed E-state index contributed by atoms with van der Waals surface area (Å²) in [4.78, 5) is 11.9. The molecule has 1 aliphatic heterocycles. The van der Waals surface area contributed by atoms with Crippen molar-refractivity contribution >= 4 is 51.7 Å². The van der Waals surface area contributed by atoms with E-state index >= 15 is 0 Å². The van der Waals surface area contributed by atoms with E-state index in [1.165, 1.54) is 6.07 Å². The Morgan fingerprint density at radius 1 is 1.41 bits per heavy atom. The van der Waals surface area contributed by atoms with Crippen LogP contribution in [0.4, 0.5) is 18.9 Å². The molecule has 1 fully saturated rings. The van der Waals surface area contributed by atoms with Crippen molar-refractivity contribution in [1.82, 2.24) is 5.32 Å². The molecular weight excluding hydrogens is 405 g/mol. The van der Waals surface area contributed by atoms with E-state index in [1.807, 2.05) is 0 Å². The Morgan fingerprint density at radius 3 is 2.73 bits per heavy atom. The first-order chi connectivity index (χ1) is 9.84. The van der Waals surface area contributed by atoms with Gasteiger partial charge in [0.05, 0.1) is 5.56 Å². The van der Waals surface area contributed by atoms with E-state index in [-0.39, 0.29) is 40.9 Å². The summed E-state index contributed by atoms with van der Waals surface area (Å²) in [5, 5.41) is 5.74. The zero-order valence-corrected chi connectivity index (χ0v) is 14.6. The normalized spacial score (nSPS) is 18.5. The molecule has 0 aliphatic carbocycles. The third kappa shape index (κ3) is 5.98. The largest absolute Gasteiger partial charge is 0.416 e. The van der Waals surface area contributed by atoms with Crippen LogP contribution >= 0.6 is 40.1 Å². The van der Waals surface area contributed by atoms with Gasteiger partial charge < -0.3 is 10.6 Å². The van der Waals surface area contributed by atoms with Gasteiger partial charge in [-0.05, 0) is 18.2 Å². The monoisotopic (exact) mass is 418 g/mol. The van der Waals surface area contributed by atoms with Crippen molar-refractivity contribution in [2.75, 3.05) is 23.4 Å². The van der Waals surface area contributed by atoms with Crippen LogP contribution in [0.15, 0.2) is 22.7 Å².